The first-order valence-electron chi connectivity index (χ1n) is 11.3. The number of hydrogen-bond donors (Lipinski definition) is 1. The van der Waals surface area contributed by atoms with Gasteiger partial charge in [0, 0.05) is 62.4 Å². The predicted molar refractivity (Wildman–Crippen MR) is 117 cm³/mol. The summed E-state index contributed by atoms with van der Waals surface area (Å²) in [5.41, 5.74) is 1.55. The second-order valence-electron chi connectivity index (χ2n) is 9.10. The van der Waals surface area contributed by atoms with Gasteiger partial charge in [-0.25, -0.2) is 15.0 Å². The fourth-order valence-corrected chi connectivity index (χ4v) is 5.10. The fourth-order valence-electron chi connectivity index (χ4n) is 5.10. The van der Waals surface area contributed by atoms with Crippen molar-refractivity contribution in [2.45, 2.75) is 45.1 Å². The zero-order chi connectivity index (χ0) is 21.4. The number of piperidine rings is 1. The first-order valence-corrected chi connectivity index (χ1v) is 11.3. The molecule has 31 heavy (non-hydrogen) atoms. The Kier molecular flexibility index (Phi) is 5.58. The van der Waals surface area contributed by atoms with E-state index in [-0.39, 0.29) is 11.5 Å². The molecular weight excluding hydrogens is 392 g/mol. The zero-order valence-electron chi connectivity index (χ0n) is 18.2. The lowest BCUT2D eigenvalue weighted by atomic mass is 9.78. The minimum absolute atomic E-state index is 0.0633. The Balaban J connectivity index is 1.47. The summed E-state index contributed by atoms with van der Waals surface area (Å²) in [7, 11) is 0. The molecule has 1 unspecified atom stereocenters. The molecule has 0 amide bonds. The van der Waals surface area contributed by atoms with Crippen LogP contribution in [0.5, 0.6) is 0 Å². The van der Waals surface area contributed by atoms with E-state index >= 15 is 0 Å². The second-order valence-corrected chi connectivity index (χ2v) is 9.10. The highest BCUT2D eigenvalue weighted by Crippen LogP contribution is 2.35. The van der Waals surface area contributed by atoms with Crippen LogP contribution in [0.1, 0.15) is 55.9 Å². The summed E-state index contributed by atoms with van der Waals surface area (Å²) in [6.07, 6.45) is 9.30. The zero-order valence-corrected chi connectivity index (χ0v) is 18.2. The Morgan fingerprint density at radius 3 is 2.68 bits per heavy atom. The standard InChI is InChI=1S/C23H30N6O2/c1-15-11-28(14-21-24-6-3-7-25-21)12-18(16(15)2)19-13-29-20(23(30)27-19)10-26-22(29)17-4-8-31-9-5-17/h3,6-7,10,13,15-18H,4-5,8-9,11-12,14H2,1-2H3,(H,27,30)/t15-,16?,18-/m1/s1. The average molecular weight is 423 g/mol. The Labute approximate surface area is 181 Å². The molecule has 164 valence electrons. The van der Waals surface area contributed by atoms with E-state index in [1.807, 2.05) is 10.5 Å². The first kappa shape index (κ1) is 20.3. The third kappa shape index (κ3) is 4.02. The van der Waals surface area contributed by atoms with E-state index < -0.39 is 0 Å². The van der Waals surface area contributed by atoms with E-state index in [1.54, 1.807) is 18.6 Å². The maximum absolute atomic E-state index is 12.9. The van der Waals surface area contributed by atoms with E-state index in [4.69, 9.17) is 4.74 Å². The molecule has 2 aliphatic heterocycles. The number of rotatable bonds is 4. The number of fused-ring (bicyclic) bond motifs is 1. The van der Waals surface area contributed by atoms with Crippen LogP contribution in [0.2, 0.25) is 0 Å². The molecule has 0 aliphatic carbocycles. The Bertz CT molecular complexity index is 1090. The lowest BCUT2D eigenvalue weighted by Crippen LogP contribution is -2.43. The molecule has 0 saturated carbocycles. The normalized spacial score (nSPS) is 25.8. The highest BCUT2D eigenvalue weighted by atomic mass is 16.5. The summed E-state index contributed by atoms with van der Waals surface area (Å²) in [6, 6.07) is 1.84. The number of ether oxygens (including phenoxy) is 1. The number of hydrogen-bond acceptors (Lipinski definition) is 6. The molecule has 0 bridgehead atoms. The Morgan fingerprint density at radius 2 is 1.90 bits per heavy atom. The quantitative estimate of drug-likeness (QED) is 0.695. The lowest BCUT2D eigenvalue weighted by molar-refractivity contribution is 0.0834. The Hall–Kier alpha value is -2.58. The molecule has 5 rings (SSSR count). The number of aromatic nitrogens is 5. The van der Waals surface area contributed by atoms with Gasteiger partial charge in [-0.05, 0) is 30.7 Å². The summed E-state index contributed by atoms with van der Waals surface area (Å²) in [4.78, 5) is 31.9. The van der Waals surface area contributed by atoms with Gasteiger partial charge in [-0.3, -0.25) is 14.1 Å². The molecule has 0 spiro atoms. The number of nitrogens with one attached hydrogen (secondary N) is 1. The number of likely N-dealkylation sites (tertiary alicyclic amines) is 1. The van der Waals surface area contributed by atoms with Gasteiger partial charge in [0.1, 0.15) is 17.2 Å². The molecule has 0 aromatic carbocycles. The van der Waals surface area contributed by atoms with Gasteiger partial charge in [0.05, 0.1) is 12.7 Å². The molecule has 8 heteroatoms. The molecule has 8 nitrogen and oxygen atoms in total. The number of H-pyrrole nitrogens is 1. The molecule has 1 N–H and O–H groups in total. The first-order chi connectivity index (χ1) is 15.1. The SMILES string of the molecule is CC1[C@H](C)CN(Cc2ncccn2)C[C@H]1c1cn2c(C3CCOCC3)ncc2c(=O)[nH]1. The van der Waals surface area contributed by atoms with Crippen LogP contribution < -0.4 is 5.56 Å². The van der Waals surface area contributed by atoms with Gasteiger partial charge in [-0.1, -0.05) is 13.8 Å². The summed E-state index contributed by atoms with van der Waals surface area (Å²) in [5, 5.41) is 0. The topological polar surface area (TPSA) is 88.4 Å². The van der Waals surface area contributed by atoms with Gasteiger partial charge in [-0.15, -0.1) is 0 Å². The summed E-state index contributed by atoms with van der Waals surface area (Å²) < 4.78 is 7.55. The van der Waals surface area contributed by atoms with Crippen molar-refractivity contribution in [1.82, 2.24) is 29.2 Å². The Morgan fingerprint density at radius 1 is 1.13 bits per heavy atom. The van der Waals surface area contributed by atoms with Crippen LogP contribution in [-0.2, 0) is 11.3 Å². The molecule has 5 heterocycles. The molecule has 3 aromatic rings. The van der Waals surface area contributed by atoms with E-state index in [2.05, 4.69) is 44.9 Å². The van der Waals surface area contributed by atoms with Crippen molar-refractivity contribution in [3.8, 4) is 0 Å². The number of imidazole rings is 1. The molecule has 3 aromatic heterocycles. The summed E-state index contributed by atoms with van der Waals surface area (Å²) in [5.74, 6) is 3.34. The lowest BCUT2D eigenvalue weighted by Gasteiger charge is -2.41. The highest BCUT2D eigenvalue weighted by Gasteiger charge is 2.34. The van der Waals surface area contributed by atoms with E-state index in [9.17, 15) is 4.79 Å². The fraction of sp³-hybridized carbons (Fsp3) is 0.565. The van der Waals surface area contributed by atoms with Crippen LogP contribution in [0.3, 0.4) is 0 Å². The van der Waals surface area contributed by atoms with Crippen LogP contribution in [0, 0.1) is 11.8 Å². The molecule has 3 atom stereocenters. The van der Waals surface area contributed by atoms with Crippen molar-refractivity contribution in [1.29, 1.82) is 0 Å². The van der Waals surface area contributed by atoms with Gasteiger partial charge in [0.25, 0.3) is 5.56 Å². The van der Waals surface area contributed by atoms with Crippen molar-refractivity contribution in [2.24, 2.45) is 11.8 Å². The smallest absolute Gasteiger partial charge is 0.274 e. The van der Waals surface area contributed by atoms with Crippen LogP contribution in [-0.4, -0.2) is 55.5 Å². The van der Waals surface area contributed by atoms with Crippen LogP contribution in [0.15, 0.2) is 35.6 Å². The third-order valence-corrected chi connectivity index (χ3v) is 7.09. The van der Waals surface area contributed by atoms with Crippen molar-refractivity contribution < 1.29 is 4.74 Å². The van der Waals surface area contributed by atoms with Crippen LogP contribution in [0.25, 0.3) is 5.52 Å². The molecular formula is C23H30N6O2. The largest absolute Gasteiger partial charge is 0.381 e. The average Bonchev–Trinajstić information content (AvgIpc) is 3.22. The number of nitrogens with zero attached hydrogens (tertiary/aromatic N) is 5. The van der Waals surface area contributed by atoms with Crippen molar-refractivity contribution >= 4 is 5.52 Å². The van der Waals surface area contributed by atoms with Gasteiger partial charge < -0.3 is 9.72 Å². The van der Waals surface area contributed by atoms with Gasteiger partial charge in [-0.2, -0.15) is 0 Å². The maximum Gasteiger partial charge on any atom is 0.274 e. The molecule has 2 saturated heterocycles. The van der Waals surface area contributed by atoms with Gasteiger partial charge in [0.15, 0.2) is 0 Å². The monoisotopic (exact) mass is 422 g/mol. The molecule has 0 radical (unpaired) electrons. The predicted octanol–water partition coefficient (Wildman–Crippen LogP) is 2.58. The third-order valence-electron chi connectivity index (χ3n) is 7.09. The van der Waals surface area contributed by atoms with E-state index in [0.29, 0.717) is 23.3 Å². The van der Waals surface area contributed by atoms with Crippen LogP contribution >= 0.6 is 0 Å². The van der Waals surface area contributed by atoms with Crippen molar-refractivity contribution in [3.63, 3.8) is 0 Å². The highest BCUT2D eigenvalue weighted by molar-refractivity contribution is 5.45. The second kappa shape index (κ2) is 8.51. The van der Waals surface area contributed by atoms with Crippen LogP contribution in [0.4, 0.5) is 0 Å². The molecule has 2 aliphatic rings. The summed E-state index contributed by atoms with van der Waals surface area (Å²) in [6.45, 7) is 8.68. The van der Waals surface area contributed by atoms with Gasteiger partial charge in [0.2, 0.25) is 0 Å². The van der Waals surface area contributed by atoms with Gasteiger partial charge >= 0.3 is 0 Å². The summed E-state index contributed by atoms with van der Waals surface area (Å²) >= 11 is 0. The maximum atomic E-state index is 12.9. The van der Waals surface area contributed by atoms with E-state index in [0.717, 1.165) is 63.0 Å². The number of aromatic amines is 1. The molecule has 2 fully saturated rings. The van der Waals surface area contributed by atoms with E-state index in [1.165, 1.54) is 0 Å². The minimum atomic E-state index is -0.0633. The van der Waals surface area contributed by atoms with Crippen molar-refractivity contribution in [2.75, 3.05) is 26.3 Å². The van der Waals surface area contributed by atoms with Crippen molar-refractivity contribution in [3.05, 3.63) is 58.6 Å². The minimum Gasteiger partial charge on any atom is -0.381 e.